The van der Waals surface area contributed by atoms with Crippen molar-refractivity contribution >= 4 is 6.08 Å². The highest BCUT2D eigenvalue weighted by atomic mass is 16.1. The van der Waals surface area contributed by atoms with Crippen LogP contribution in [-0.2, 0) is 10.3 Å². The molecule has 0 aliphatic heterocycles. The molecule has 1 aromatic carbocycles. The van der Waals surface area contributed by atoms with Gasteiger partial charge in [0.25, 0.3) is 0 Å². The molecule has 2 aromatic rings. The Balaban J connectivity index is 1.95. The third-order valence-electron chi connectivity index (χ3n) is 3.74. The second kappa shape index (κ2) is 4.78. The van der Waals surface area contributed by atoms with Crippen molar-refractivity contribution in [2.45, 2.75) is 31.2 Å². The normalized spacial score (nSPS) is 17.1. The Kier molecular flexibility index (Phi) is 2.97. The first-order valence-corrected chi connectivity index (χ1v) is 6.40. The highest BCUT2D eigenvalue weighted by Gasteiger charge is 2.35. The number of isocyanates is 1. The lowest BCUT2D eigenvalue weighted by molar-refractivity contribution is 0.456. The van der Waals surface area contributed by atoms with Crippen LogP contribution in [-0.4, -0.2) is 21.1 Å². The van der Waals surface area contributed by atoms with Crippen LogP contribution in [0.5, 0.6) is 0 Å². The van der Waals surface area contributed by atoms with Crippen LogP contribution in [0.4, 0.5) is 0 Å². The van der Waals surface area contributed by atoms with Gasteiger partial charge in [0, 0.05) is 0 Å². The molecule has 0 atom stereocenters. The van der Waals surface area contributed by atoms with E-state index in [1.54, 1.807) is 23.3 Å². The smallest absolute Gasteiger partial charge is 0.211 e. The lowest BCUT2D eigenvalue weighted by atomic mass is 9.89. The summed E-state index contributed by atoms with van der Waals surface area (Å²) >= 11 is 0. The molecular formula is C14H14N4O. The van der Waals surface area contributed by atoms with Crippen LogP contribution in [0.3, 0.4) is 0 Å². The van der Waals surface area contributed by atoms with Gasteiger partial charge < -0.3 is 0 Å². The quantitative estimate of drug-likeness (QED) is 0.624. The maximum absolute atomic E-state index is 10.7. The maximum Gasteiger partial charge on any atom is 0.235 e. The van der Waals surface area contributed by atoms with Gasteiger partial charge in [0.15, 0.2) is 0 Å². The molecule has 0 radical (unpaired) electrons. The minimum absolute atomic E-state index is 0.363. The van der Waals surface area contributed by atoms with Gasteiger partial charge in [0.2, 0.25) is 6.08 Å². The molecule has 96 valence electrons. The van der Waals surface area contributed by atoms with Gasteiger partial charge in [-0.05, 0) is 30.5 Å². The van der Waals surface area contributed by atoms with E-state index in [1.807, 2.05) is 24.3 Å². The fourth-order valence-corrected chi connectivity index (χ4v) is 2.77. The Morgan fingerprint density at radius 2 is 1.74 bits per heavy atom. The summed E-state index contributed by atoms with van der Waals surface area (Å²) in [6.07, 6.45) is 9.07. The Morgan fingerprint density at radius 1 is 1.11 bits per heavy atom. The summed E-state index contributed by atoms with van der Waals surface area (Å²) in [5.41, 5.74) is 1.61. The van der Waals surface area contributed by atoms with Gasteiger partial charge in [-0.3, -0.25) is 0 Å². The van der Waals surface area contributed by atoms with E-state index >= 15 is 0 Å². The summed E-state index contributed by atoms with van der Waals surface area (Å²) in [5.74, 6) is 0. The zero-order valence-corrected chi connectivity index (χ0v) is 10.5. The van der Waals surface area contributed by atoms with Crippen LogP contribution in [0, 0.1) is 0 Å². The maximum atomic E-state index is 10.7. The number of hydrogen-bond acceptors (Lipinski definition) is 4. The molecule has 5 nitrogen and oxygen atoms in total. The van der Waals surface area contributed by atoms with Gasteiger partial charge in [-0.25, -0.2) is 4.79 Å². The van der Waals surface area contributed by atoms with E-state index in [0.29, 0.717) is 0 Å². The van der Waals surface area contributed by atoms with Gasteiger partial charge in [-0.2, -0.15) is 20.0 Å². The number of aromatic nitrogens is 3. The zero-order valence-electron chi connectivity index (χ0n) is 10.5. The number of hydrogen-bond donors (Lipinski definition) is 0. The number of aliphatic imine (C=N–C) groups is 1. The molecule has 1 aliphatic carbocycles. The first-order valence-electron chi connectivity index (χ1n) is 6.40. The van der Waals surface area contributed by atoms with Crippen LogP contribution < -0.4 is 0 Å². The van der Waals surface area contributed by atoms with Crippen molar-refractivity contribution in [1.82, 2.24) is 15.0 Å². The van der Waals surface area contributed by atoms with Crippen molar-refractivity contribution in [2.24, 2.45) is 4.99 Å². The third kappa shape index (κ3) is 2.09. The summed E-state index contributed by atoms with van der Waals surface area (Å²) < 4.78 is 0. The molecule has 1 saturated carbocycles. The topological polar surface area (TPSA) is 60.1 Å². The molecule has 1 aliphatic rings. The number of benzene rings is 1. The predicted molar refractivity (Wildman–Crippen MR) is 69.6 cm³/mol. The second-order valence-electron chi connectivity index (χ2n) is 4.81. The average Bonchev–Trinajstić information content (AvgIpc) is 3.11. The van der Waals surface area contributed by atoms with Crippen LogP contribution in [0.25, 0.3) is 5.69 Å². The largest absolute Gasteiger partial charge is 0.235 e. The van der Waals surface area contributed by atoms with E-state index in [2.05, 4.69) is 15.2 Å². The first kappa shape index (κ1) is 11.8. The minimum atomic E-state index is -0.363. The molecule has 0 bridgehead atoms. The first-order chi connectivity index (χ1) is 9.34. The Labute approximate surface area is 111 Å². The van der Waals surface area contributed by atoms with E-state index < -0.39 is 0 Å². The van der Waals surface area contributed by atoms with Crippen LogP contribution in [0.2, 0.25) is 0 Å². The molecule has 0 spiro atoms. The number of rotatable bonds is 3. The highest BCUT2D eigenvalue weighted by molar-refractivity contribution is 5.41. The predicted octanol–water partition coefficient (Wildman–Crippen LogP) is 2.37. The van der Waals surface area contributed by atoms with Gasteiger partial charge in [0.1, 0.15) is 0 Å². The molecular weight excluding hydrogens is 240 g/mol. The molecule has 1 aromatic heterocycles. The molecule has 0 N–H and O–H groups in total. The van der Waals surface area contributed by atoms with Crippen molar-refractivity contribution in [3.8, 4) is 5.69 Å². The van der Waals surface area contributed by atoms with E-state index in [9.17, 15) is 4.79 Å². The highest BCUT2D eigenvalue weighted by Crippen LogP contribution is 2.42. The van der Waals surface area contributed by atoms with Crippen molar-refractivity contribution in [3.05, 3.63) is 42.2 Å². The van der Waals surface area contributed by atoms with Crippen LogP contribution >= 0.6 is 0 Å². The molecule has 0 unspecified atom stereocenters. The lowest BCUT2D eigenvalue weighted by Gasteiger charge is -2.22. The fraction of sp³-hybridized carbons (Fsp3) is 0.357. The number of nitrogens with zero attached hydrogens (tertiary/aromatic N) is 4. The van der Waals surface area contributed by atoms with Crippen molar-refractivity contribution < 1.29 is 4.79 Å². The number of carbonyl (C=O) groups excluding carboxylic acids is 1. The van der Waals surface area contributed by atoms with Gasteiger partial charge in [-0.1, -0.05) is 25.0 Å². The van der Waals surface area contributed by atoms with E-state index in [4.69, 9.17) is 0 Å². The third-order valence-corrected chi connectivity index (χ3v) is 3.74. The summed E-state index contributed by atoms with van der Waals surface area (Å²) in [7, 11) is 0. The van der Waals surface area contributed by atoms with Gasteiger partial charge in [-0.15, -0.1) is 0 Å². The molecule has 1 fully saturated rings. The molecule has 19 heavy (non-hydrogen) atoms. The summed E-state index contributed by atoms with van der Waals surface area (Å²) in [5, 5.41) is 8.17. The summed E-state index contributed by atoms with van der Waals surface area (Å²) in [6, 6.07) is 7.92. The summed E-state index contributed by atoms with van der Waals surface area (Å²) in [6.45, 7) is 0. The van der Waals surface area contributed by atoms with Crippen molar-refractivity contribution in [2.75, 3.05) is 0 Å². The molecule has 0 saturated heterocycles. The zero-order chi connectivity index (χ0) is 13.1. The fourth-order valence-electron chi connectivity index (χ4n) is 2.77. The van der Waals surface area contributed by atoms with Crippen molar-refractivity contribution in [3.63, 3.8) is 0 Å². The molecule has 5 heteroatoms. The molecule has 0 amide bonds. The summed E-state index contributed by atoms with van der Waals surface area (Å²) in [4.78, 5) is 16.3. The van der Waals surface area contributed by atoms with Crippen molar-refractivity contribution in [1.29, 1.82) is 0 Å². The van der Waals surface area contributed by atoms with E-state index in [0.717, 1.165) is 36.9 Å². The van der Waals surface area contributed by atoms with Gasteiger partial charge >= 0.3 is 0 Å². The Bertz CT molecular complexity index is 591. The van der Waals surface area contributed by atoms with E-state index in [1.165, 1.54) is 0 Å². The Morgan fingerprint density at radius 3 is 2.32 bits per heavy atom. The lowest BCUT2D eigenvalue weighted by Crippen LogP contribution is -2.18. The monoisotopic (exact) mass is 254 g/mol. The molecule has 3 rings (SSSR count). The van der Waals surface area contributed by atoms with Crippen LogP contribution in [0.1, 0.15) is 31.2 Å². The van der Waals surface area contributed by atoms with Gasteiger partial charge in [0.05, 0.1) is 23.6 Å². The Hall–Kier alpha value is -2.26. The average molecular weight is 254 g/mol. The van der Waals surface area contributed by atoms with Crippen LogP contribution in [0.15, 0.2) is 41.7 Å². The minimum Gasteiger partial charge on any atom is -0.211 e. The second-order valence-corrected chi connectivity index (χ2v) is 4.81. The van der Waals surface area contributed by atoms with E-state index in [-0.39, 0.29) is 5.54 Å². The molecule has 1 heterocycles. The SMILES string of the molecule is O=C=NC1(c2ccc(-n3nccn3)cc2)CCCC1. The standard InChI is InChI=1S/C14H14N4O/c19-11-15-14(7-1-2-8-14)12-3-5-13(6-4-12)18-16-9-10-17-18/h3-6,9-10H,1-2,7-8H2.